The summed E-state index contributed by atoms with van der Waals surface area (Å²) in [6.07, 6.45) is 4.56. The van der Waals surface area contributed by atoms with Crippen molar-refractivity contribution in [3.8, 4) is 11.3 Å². The Morgan fingerprint density at radius 2 is 2.14 bits per heavy atom. The van der Waals surface area contributed by atoms with E-state index in [2.05, 4.69) is 4.98 Å². The van der Waals surface area contributed by atoms with Crippen LogP contribution in [0.1, 0.15) is 32.1 Å². The maximum atomic E-state index is 12.5. The van der Waals surface area contributed by atoms with Gasteiger partial charge in [0.05, 0.1) is 11.2 Å². The molecule has 3 rings (SSSR count). The van der Waals surface area contributed by atoms with Gasteiger partial charge in [0.1, 0.15) is 0 Å². The molecule has 1 fully saturated rings. The second kappa shape index (κ2) is 11.3. The standard InChI is InChI=1S/C19H23Cl2N3O2.2ClH/c1-12(22)13-3-2-8-24(11-13)19(25)7-6-18-23-10-17(26-18)15-5-4-14(20)9-16(15)21;;/h4-5,9-10,12-13H,2-3,6-8,11,22H2,1H3;2*1H. The zero-order chi connectivity index (χ0) is 18.7. The molecule has 1 amide bonds. The zero-order valence-corrected chi connectivity index (χ0v) is 18.7. The van der Waals surface area contributed by atoms with Crippen molar-refractivity contribution in [2.24, 2.45) is 11.7 Å². The Hall–Kier alpha value is -0.980. The lowest BCUT2D eigenvalue weighted by Crippen LogP contribution is -2.45. The molecular weight excluding hydrogens is 444 g/mol. The van der Waals surface area contributed by atoms with Gasteiger partial charge in [-0.3, -0.25) is 4.79 Å². The molecule has 2 N–H and O–H groups in total. The lowest BCUT2D eigenvalue weighted by Gasteiger charge is -2.34. The van der Waals surface area contributed by atoms with Gasteiger partial charge in [0.2, 0.25) is 5.91 Å². The number of benzene rings is 1. The van der Waals surface area contributed by atoms with Crippen molar-refractivity contribution in [2.75, 3.05) is 13.1 Å². The predicted octanol–water partition coefficient (Wildman–Crippen LogP) is 5.01. The van der Waals surface area contributed by atoms with Crippen LogP contribution in [0.15, 0.2) is 28.8 Å². The summed E-state index contributed by atoms with van der Waals surface area (Å²) < 4.78 is 5.76. The van der Waals surface area contributed by atoms with Gasteiger partial charge in [0.25, 0.3) is 0 Å². The number of piperidine rings is 1. The number of carbonyl (C=O) groups is 1. The fourth-order valence-corrected chi connectivity index (χ4v) is 3.78. The van der Waals surface area contributed by atoms with Crippen molar-refractivity contribution in [3.63, 3.8) is 0 Å². The highest BCUT2D eigenvalue weighted by Crippen LogP contribution is 2.31. The number of nitrogens with zero attached hydrogens (tertiary/aromatic N) is 2. The Balaban J connectivity index is 0.00000196. The largest absolute Gasteiger partial charge is 0.441 e. The molecule has 0 spiro atoms. The summed E-state index contributed by atoms with van der Waals surface area (Å²) in [5.74, 6) is 1.61. The minimum Gasteiger partial charge on any atom is -0.441 e. The maximum absolute atomic E-state index is 12.5. The third kappa shape index (κ3) is 6.26. The Labute approximate surface area is 187 Å². The molecule has 156 valence electrons. The third-order valence-corrected chi connectivity index (χ3v) is 5.40. The Bertz CT molecular complexity index is 782. The summed E-state index contributed by atoms with van der Waals surface area (Å²) in [5.41, 5.74) is 6.73. The van der Waals surface area contributed by atoms with Gasteiger partial charge >= 0.3 is 0 Å². The van der Waals surface area contributed by atoms with Crippen LogP contribution >= 0.6 is 48.0 Å². The topological polar surface area (TPSA) is 72.4 Å². The number of rotatable bonds is 5. The van der Waals surface area contributed by atoms with Crippen molar-refractivity contribution < 1.29 is 9.21 Å². The van der Waals surface area contributed by atoms with Crippen LogP contribution in [-0.2, 0) is 11.2 Å². The predicted molar refractivity (Wildman–Crippen MR) is 118 cm³/mol. The number of halogens is 4. The van der Waals surface area contributed by atoms with Crippen LogP contribution in [0.5, 0.6) is 0 Å². The van der Waals surface area contributed by atoms with E-state index in [1.165, 1.54) is 0 Å². The highest BCUT2D eigenvalue weighted by molar-refractivity contribution is 6.36. The van der Waals surface area contributed by atoms with E-state index in [1.54, 1.807) is 24.4 Å². The zero-order valence-electron chi connectivity index (χ0n) is 15.6. The summed E-state index contributed by atoms with van der Waals surface area (Å²) in [6.45, 7) is 3.56. The van der Waals surface area contributed by atoms with Gasteiger partial charge in [-0.2, -0.15) is 0 Å². The average molecular weight is 469 g/mol. The van der Waals surface area contributed by atoms with Gasteiger partial charge in [0, 0.05) is 42.6 Å². The van der Waals surface area contributed by atoms with Crippen LogP contribution in [0.4, 0.5) is 0 Å². The molecule has 0 saturated carbocycles. The molecule has 0 aliphatic carbocycles. The summed E-state index contributed by atoms with van der Waals surface area (Å²) in [7, 11) is 0. The van der Waals surface area contributed by atoms with Crippen molar-refractivity contribution in [3.05, 3.63) is 40.3 Å². The Morgan fingerprint density at radius 1 is 1.39 bits per heavy atom. The maximum Gasteiger partial charge on any atom is 0.223 e. The summed E-state index contributed by atoms with van der Waals surface area (Å²) in [4.78, 5) is 18.7. The normalized spacial score (nSPS) is 17.4. The third-order valence-electron chi connectivity index (χ3n) is 4.86. The fraction of sp³-hybridized carbons (Fsp3) is 0.474. The summed E-state index contributed by atoms with van der Waals surface area (Å²) >= 11 is 12.1. The van der Waals surface area contributed by atoms with Gasteiger partial charge in [-0.25, -0.2) is 4.98 Å². The highest BCUT2D eigenvalue weighted by atomic mass is 35.5. The number of hydrogen-bond donors (Lipinski definition) is 1. The molecule has 5 nitrogen and oxygen atoms in total. The Morgan fingerprint density at radius 3 is 2.82 bits per heavy atom. The monoisotopic (exact) mass is 467 g/mol. The number of aryl methyl sites for hydroxylation is 1. The molecule has 2 aromatic rings. The number of aromatic nitrogens is 1. The molecule has 2 heterocycles. The van der Waals surface area contributed by atoms with Crippen LogP contribution in [0, 0.1) is 5.92 Å². The van der Waals surface area contributed by atoms with Gasteiger partial charge in [-0.15, -0.1) is 24.8 Å². The van der Waals surface area contributed by atoms with Crippen LogP contribution in [0.3, 0.4) is 0 Å². The molecule has 0 bridgehead atoms. The lowest BCUT2D eigenvalue weighted by atomic mass is 9.92. The van der Waals surface area contributed by atoms with E-state index in [1.807, 2.05) is 11.8 Å². The lowest BCUT2D eigenvalue weighted by molar-refractivity contribution is -0.133. The van der Waals surface area contributed by atoms with Crippen LogP contribution in [0.2, 0.25) is 10.0 Å². The number of nitrogens with two attached hydrogens (primary N) is 1. The fourth-order valence-electron chi connectivity index (χ4n) is 3.28. The van der Waals surface area contributed by atoms with E-state index in [4.69, 9.17) is 33.4 Å². The SMILES string of the molecule is CC(N)C1CCCN(C(=O)CCc2ncc(-c3ccc(Cl)cc3Cl)o2)C1.Cl.Cl. The van der Waals surface area contributed by atoms with Gasteiger partial charge in [-0.05, 0) is 43.9 Å². The number of carbonyl (C=O) groups excluding carboxylic acids is 1. The quantitative estimate of drug-likeness (QED) is 0.669. The molecule has 0 radical (unpaired) electrons. The molecule has 1 aromatic heterocycles. The molecule has 1 aromatic carbocycles. The molecule has 2 atom stereocenters. The van der Waals surface area contributed by atoms with Gasteiger partial charge in [-0.1, -0.05) is 23.2 Å². The van der Waals surface area contributed by atoms with Gasteiger partial charge in [0.15, 0.2) is 11.7 Å². The van der Waals surface area contributed by atoms with Crippen molar-refractivity contribution in [1.82, 2.24) is 9.88 Å². The number of likely N-dealkylation sites (tertiary alicyclic amines) is 1. The minimum atomic E-state index is 0. The van der Waals surface area contributed by atoms with E-state index >= 15 is 0 Å². The molecule has 28 heavy (non-hydrogen) atoms. The minimum absolute atomic E-state index is 0. The van der Waals surface area contributed by atoms with E-state index in [-0.39, 0.29) is 36.8 Å². The van der Waals surface area contributed by atoms with Crippen molar-refractivity contribution >= 4 is 53.9 Å². The smallest absolute Gasteiger partial charge is 0.223 e. The van der Waals surface area contributed by atoms with E-state index in [0.29, 0.717) is 40.5 Å². The second-order valence-electron chi connectivity index (χ2n) is 6.84. The highest BCUT2D eigenvalue weighted by Gasteiger charge is 2.25. The number of hydrogen-bond acceptors (Lipinski definition) is 4. The molecule has 9 heteroatoms. The first-order chi connectivity index (χ1) is 12.4. The van der Waals surface area contributed by atoms with Crippen LogP contribution < -0.4 is 5.73 Å². The molecule has 1 aliphatic heterocycles. The summed E-state index contributed by atoms with van der Waals surface area (Å²) in [6, 6.07) is 5.32. The first-order valence-electron chi connectivity index (χ1n) is 8.87. The molecule has 1 saturated heterocycles. The molecule has 1 aliphatic rings. The number of oxazole rings is 1. The van der Waals surface area contributed by atoms with Crippen LogP contribution in [0.25, 0.3) is 11.3 Å². The van der Waals surface area contributed by atoms with E-state index < -0.39 is 0 Å². The van der Waals surface area contributed by atoms with E-state index in [0.717, 1.165) is 31.5 Å². The van der Waals surface area contributed by atoms with E-state index in [9.17, 15) is 4.79 Å². The van der Waals surface area contributed by atoms with Gasteiger partial charge < -0.3 is 15.1 Å². The first kappa shape index (κ1) is 25.1. The van der Waals surface area contributed by atoms with Crippen molar-refractivity contribution in [1.29, 1.82) is 0 Å². The number of amides is 1. The Kier molecular flexibility index (Phi) is 10.1. The molecule has 2 unspecified atom stereocenters. The van der Waals surface area contributed by atoms with Crippen molar-refractivity contribution in [2.45, 2.75) is 38.6 Å². The average Bonchev–Trinajstić information content (AvgIpc) is 3.08. The molecular formula is C19H25Cl4N3O2. The first-order valence-corrected chi connectivity index (χ1v) is 9.63. The second-order valence-corrected chi connectivity index (χ2v) is 7.69. The van der Waals surface area contributed by atoms with Crippen LogP contribution in [-0.4, -0.2) is 34.9 Å². The summed E-state index contributed by atoms with van der Waals surface area (Å²) in [5, 5.41) is 1.07.